The maximum absolute atomic E-state index is 12.1. The lowest BCUT2D eigenvalue weighted by molar-refractivity contribution is -0.149. The first kappa shape index (κ1) is 16.1. The van der Waals surface area contributed by atoms with Gasteiger partial charge in [0.15, 0.2) is 0 Å². The normalized spacial score (nSPS) is 18.9. The van der Waals surface area contributed by atoms with E-state index in [0.717, 1.165) is 4.90 Å². The van der Waals surface area contributed by atoms with Crippen molar-refractivity contribution in [2.45, 2.75) is 46.6 Å². The lowest BCUT2D eigenvalue weighted by Crippen LogP contribution is -2.62. The van der Waals surface area contributed by atoms with Gasteiger partial charge in [-0.1, -0.05) is 0 Å². The van der Waals surface area contributed by atoms with Crippen LogP contribution in [0.1, 0.15) is 41.0 Å². The molecule has 7 nitrogen and oxygen atoms in total. The fourth-order valence-corrected chi connectivity index (χ4v) is 1.74. The van der Waals surface area contributed by atoms with E-state index >= 15 is 0 Å². The molecule has 0 spiro atoms. The molecule has 2 N–H and O–H groups in total. The van der Waals surface area contributed by atoms with Gasteiger partial charge in [0.05, 0.1) is 0 Å². The summed E-state index contributed by atoms with van der Waals surface area (Å²) in [6.45, 7) is 8.35. The predicted molar refractivity (Wildman–Crippen MR) is 71.5 cm³/mol. The van der Waals surface area contributed by atoms with Gasteiger partial charge in [0.1, 0.15) is 5.41 Å². The number of urea groups is 1. The summed E-state index contributed by atoms with van der Waals surface area (Å²) in [5.74, 6) is -1.47. The Morgan fingerprint density at radius 2 is 1.80 bits per heavy atom. The Kier molecular flexibility index (Phi) is 4.21. The van der Waals surface area contributed by atoms with Gasteiger partial charge in [-0.05, 0) is 34.6 Å². The zero-order valence-corrected chi connectivity index (χ0v) is 12.5. The van der Waals surface area contributed by atoms with E-state index in [1.165, 1.54) is 13.8 Å². The molecule has 1 saturated heterocycles. The highest BCUT2D eigenvalue weighted by atomic mass is 16.2. The number of amides is 5. The van der Waals surface area contributed by atoms with Crippen LogP contribution >= 0.6 is 0 Å². The Morgan fingerprint density at radius 1 is 1.25 bits per heavy atom. The van der Waals surface area contributed by atoms with E-state index in [1.807, 2.05) is 20.8 Å². The lowest BCUT2D eigenvalue weighted by Gasteiger charge is -2.34. The van der Waals surface area contributed by atoms with Gasteiger partial charge in [-0.3, -0.25) is 24.6 Å². The zero-order valence-electron chi connectivity index (χ0n) is 12.5. The molecule has 0 aromatic heterocycles. The van der Waals surface area contributed by atoms with E-state index in [9.17, 15) is 19.2 Å². The van der Waals surface area contributed by atoms with Crippen LogP contribution < -0.4 is 10.6 Å². The summed E-state index contributed by atoms with van der Waals surface area (Å²) < 4.78 is 0. The van der Waals surface area contributed by atoms with Crippen molar-refractivity contribution in [1.82, 2.24) is 15.5 Å². The SMILES string of the molecule is CC(C)(C)NC(=O)CCN1C(=O)NC(=O)C(C)(C)C1=O. The topological polar surface area (TPSA) is 95.6 Å². The number of rotatable bonds is 3. The summed E-state index contributed by atoms with van der Waals surface area (Å²) in [6.07, 6.45) is 0.000695. The first-order chi connectivity index (χ1) is 8.95. The lowest BCUT2D eigenvalue weighted by atomic mass is 9.89. The van der Waals surface area contributed by atoms with Crippen molar-refractivity contribution < 1.29 is 19.2 Å². The van der Waals surface area contributed by atoms with Crippen LogP contribution in [0.2, 0.25) is 0 Å². The molecule has 0 radical (unpaired) electrons. The molecule has 112 valence electrons. The highest BCUT2D eigenvalue weighted by Crippen LogP contribution is 2.23. The van der Waals surface area contributed by atoms with Crippen LogP contribution in [0.4, 0.5) is 4.79 Å². The average Bonchev–Trinajstić information content (AvgIpc) is 2.24. The Bertz CT molecular complexity index is 463. The van der Waals surface area contributed by atoms with Crippen molar-refractivity contribution in [2.75, 3.05) is 6.54 Å². The molecule has 0 saturated carbocycles. The fourth-order valence-electron chi connectivity index (χ4n) is 1.74. The number of carbonyl (C=O) groups excluding carboxylic acids is 4. The standard InChI is InChI=1S/C13H21N3O4/c1-12(2,3)15-8(17)6-7-16-10(19)13(4,5)9(18)14-11(16)20/h6-7H2,1-5H3,(H,15,17)(H,14,18,20). The van der Waals surface area contributed by atoms with E-state index < -0.39 is 23.3 Å². The summed E-state index contributed by atoms with van der Waals surface area (Å²) in [6, 6.07) is -0.775. The summed E-state index contributed by atoms with van der Waals surface area (Å²) >= 11 is 0. The van der Waals surface area contributed by atoms with Crippen LogP contribution in [0.3, 0.4) is 0 Å². The Balaban J connectivity index is 2.68. The molecular weight excluding hydrogens is 262 g/mol. The molecule has 0 aliphatic carbocycles. The molecular formula is C13H21N3O4. The third-order valence-corrected chi connectivity index (χ3v) is 2.89. The number of nitrogens with zero attached hydrogens (tertiary/aromatic N) is 1. The fraction of sp³-hybridized carbons (Fsp3) is 0.692. The van der Waals surface area contributed by atoms with Crippen LogP contribution in [0.5, 0.6) is 0 Å². The van der Waals surface area contributed by atoms with Crippen molar-refractivity contribution in [1.29, 1.82) is 0 Å². The van der Waals surface area contributed by atoms with Crippen LogP contribution in [-0.2, 0) is 14.4 Å². The van der Waals surface area contributed by atoms with Crippen molar-refractivity contribution in [2.24, 2.45) is 5.41 Å². The third-order valence-electron chi connectivity index (χ3n) is 2.89. The first-order valence-corrected chi connectivity index (χ1v) is 6.43. The largest absolute Gasteiger partial charge is 0.351 e. The van der Waals surface area contributed by atoms with Crippen molar-refractivity contribution in [3.8, 4) is 0 Å². The van der Waals surface area contributed by atoms with E-state index in [2.05, 4.69) is 10.6 Å². The highest BCUT2D eigenvalue weighted by molar-refractivity contribution is 6.18. The minimum Gasteiger partial charge on any atom is -0.351 e. The minimum absolute atomic E-state index is 0.000695. The number of hydrogen-bond donors (Lipinski definition) is 2. The molecule has 1 rings (SSSR count). The van der Waals surface area contributed by atoms with Crippen molar-refractivity contribution >= 4 is 23.8 Å². The molecule has 1 aliphatic rings. The van der Waals surface area contributed by atoms with Gasteiger partial charge in [0.2, 0.25) is 17.7 Å². The molecule has 1 heterocycles. The third kappa shape index (κ3) is 3.55. The van der Waals surface area contributed by atoms with Gasteiger partial charge in [0, 0.05) is 18.5 Å². The average molecular weight is 283 g/mol. The molecule has 0 aromatic carbocycles. The van der Waals surface area contributed by atoms with Gasteiger partial charge in [-0.2, -0.15) is 0 Å². The van der Waals surface area contributed by atoms with Crippen LogP contribution in [0.15, 0.2) is 0 Å². The number of imide groups is 2. The maximum Gasteiger partial charge on any atom is 0.330 e. The zero-order chi connectivity index (χ0) is 15.7. The van der Waals surface area contributed by atoms with Crippen LogP contribution in [0.25, 0.3) is 0 Å². The maximum atomic E-state index is 12.1. The predicted octanol–water partition coefficient (Wildman–Crippen LogP) is 0.396. The molecule has 20 heavy (non-hydrogen) atoms. The Morgan fingerprint density at radius 3 is 2.30 bits per heavy atom. The quantitative estimate of drug-likeness (QED) is 0.733. The summed E-state index contributed by atoms with van der Waals surface area (Å²) in [5.41, 5.74) is -1.67. The second-order valence-electron chi connectivity index (χ2n) is 6.39. The molecule has 0 unspecified atom stereocenters. The van der Waals surface area contributed by atoms with Crippen LogP contribution in [-0.4, -0.2) is 40.7 Å². The van der Waals surface area contributed by atoms with Gasteiger partial charge in [-0.25, -0.2) is 4.79 Å². The minimum atomic E-state index is -1.30. The van der Waals surface area contributed by atoms with Gasteiger partial charge in [0.25, 0.3) is 0 Å². The molecule has 0 bridgehead atoms. The van der Waals surface area contributed by atoms with Crippen molar-refractivity contribution in [3.05, 3.63) is 0 Å². The van der Waals surface area contributed by atoms with Crippen LogP contribution in [0, 0.1) is 5.41 Å². The molecule has 1 aliphatic heterocycles. The Hall–Kier alpha value is -1.92. The van der Waals surface area contributed by atoms with E-state index in [-0.39, 0.29) is 24.4 Å². The first-order valence-electron chi connectivity index (χ1n) is 6.43. The number of carbonyl (C=O) groups is 4. The van der Waals surface area contributed by atoms with E-state index in [0.29, 0.717) is 0 Å². The highest BCUT2D eigenvalue weighted by Gasteiger charge is 2.46. The van der Waals surface area contributed by atoms with E-state index in [1.54, 1.807) is 0 Å². The summed E-state index contributed by atoms with van der Waals surface area (Å²) in [7, 11) is 0. The molecule has 7 heteroatoms. The molecule has 0 atom stereocenters. The van der Waals surface area contributed by atoms with Gasteiger partial charge in [-0.15, -0.1) is 0 Å². The monoisotopic (exact) mass is 283 g/mol. The summed E-state index contributed by atoms with van der Waals surface area (Å²) in [4.78, 5) is 47.9. The smallest absolute Gasteiger partial charge is 0.330 e. The number of hydrogen-bond acceptors (Lipinski definition) is 4. The molecule has 0 aromatic rings. The van der Waals surface area contributed by atoms with Gasteiger partial charge >= 0.3 is 6.03 Å². The summed E-state index contributed by atoms with van der Waals surface area (Å²) in [5, 5.41) is 4.86. The van der Waals surface area contributed by atoms with Crippen molar-refractivity contribution in [3.63, 3.8) is 0 Å². The number of barbiturate groups is 1. The van der Waals surface area contributed by atoms with E-state index in [4.69, 9.17) is 0 Å². The molecule has 1 fully saturated rings. The van der Waals surface area contributed by atoms with Gasteiger partial charge < -0.3 is 5.32 Å². The Labute approximate surface area is 118 Å². The molecule has 5 amide bonds. The number of nitrogens with one attached hydrogen (secondary N) is 2. The second kappa shape index (κ2) is 5.22. The second-order valence-corrected chi connectivity index (χ2v) is 6.39.